The largest absolute Gasteiger partial charge is 0.369 e. The van der Waals surface area contributed by atoms with E-state index in [1.54, 1.807) is 18.3 Å². The monoisotopic (exact) mass is 503 g/mol. The Balaban J connectivity index is 1.43. The van der Waals surface area contributed by atoms with Gasteiger partial charge in [0, 0.05) is 60.8 Å². The van der Waals surface area contributed by atoms with E-state index in [1.165, 1.54) is 16.4 Å². The lowest BCUT2D eigenvalue weighted by molar-refractivity contribution is 0.485. The van der Waals surface area contributed by atoms with E-state index in [-0.39, 0.29) is 17.0 Å². The minimum absolute atomic E-state index is 0.0258. The lowest BCUT2D eigenvalue weighted by Gasteiger charge is -2.33. The number of nitrogens with one attached hydrogen (secondary N) is 2. The normalized spacial score (nSPS) is 19.0. The van der Waals surface area contributed by atoms with Crippen LogP contribution in [0.2, 0.25) is 0 Å². The SMILES string of the molecule is C[C@@H]1CN(c2ccc(Nc3ncc4c(n3)N(S(=O)(=O)c3ccccc3C#N)CC4(C)C)cc2)CCN1. The van der Waals surface area contributed by atoms with E-state index in [9.17, 15) is 13.7 Å². The predicted octanol–water partition coefficient (Wildman–Crippen LogP) is 3.38. The Labute approximate surface area is 211 Å². The van der Waals surface area contributed by atoms with Crippen LogP contribution in [0.5, 0.6) is 0 Å². The highest BCUT2D eigenvalue weighted by molar-refractivity contribution is 7.93. The van der Waals surface area contributed by atoms with Gasteiger partial charge in [-0.1, -0.05) is 26.0 Å². The maximum atomic E-state index is 13.6. The lowest BCUT2D eigenvalue weighted by atomic mass is 9.89. The Kier molecular flexibility index (Phi) is 6.06. The summed E-state index contributed by atoms with van der Waals surface area (Å²) in [6.45, 7) is 9.18. The molecule has 0 unspecified atom stereocenters. The Morgan fingerprint density at radius 1 is 1.17 bits per heavy atom. The molecular formula is C26H29N7O2S. The Morgan fingerprint density at radius 3 is 2.64 bits per heavy atom. The summed E-state index contributed by atoms with van der Waals surface area (Å²) in [7, 11) is -4.00. The van der Waals surface area contributed by atoms with Crippen LogP contribution >= 0.6 is 0 Å². The molecule has 1 fully saturated rings. The van der Waals surface area contributed by atoms with Crippen LogP contribution in [-0.4, -0.2) is 50.6 Å². The standard InChI is InChI=1S/C26H29N7O2S/c1-18-16-32(13-12-28-18)21-10-8-20(9-11-21)30-25-29-15-22-24(31-25)33(17-26(22,2)3)36(34,35)23-7-5-4-6-19(23)14-27/h4-11,15,18,28H,12-13,16-17H2,1-3H3,(H,29,30,31)/t18-/m1/s1. The van der Waals surface area contributed by atoms with Crippen molar-refractivity contribution < 1.29 is 8.42 Å². The summed E-state index contributed by atoms with van der Waals surface area (Å²) >= 11 is 0. The van der Waals surface area contributed by atoms with Gasteiger partial charge >= 0.3 is 0 Å². The number of nitrogens with zero attached hydrogens (tertiary/aromatic N) is 5. The molecule has 2 aliphatic heterocycles. The molecule has 0 bridgehead atoms. The van der Waals surface area contributed by atoms with Crippen molar-refractivity contribution in [2.75, 3.05) is 40.7 Å². The van der Waals surface area contributed by atoms with Gasteiger partial charge in [0.25, 0.3) is 10.0 Å². The molecule has 0 amide bonds. The molecule has 3 heterocycles. The van der Waals surface area contributed by atoms with Crippen molar-refractivity contribution in [1.29, 1.82) is 5.26 Å². The fourth-order valence-corrected chi connectivity index (χ4v) is 6.51. The van der Waals surface area contributed by atoms with Crippen molar-refractivity contribution in [2.45, 2.75) is 37.1 Å². The van der Waals surface area contributed by atoms with Gasteiger partial charge in [-0.2, -0.15) is 10.2 Å². The first kappa shape index (κ1) is 24.0. The van der Waals surface area contributed by atoms with Gasteiger partial charge < -0.3 is 15.5 Å². The first-order valence-corrected chi connectivity index (χ1v) is 13.4. The average molecular weight is 504 g/mol. The zero-order valence-electron chi connectivity index (χ0n) is 20.6. The van der Waals surface area contributed by atoms with Crippen LogP contribution < -0.4 is 19.8 Å². The van der Waals surface area contributed by atoms with Crippen LogP contribution in [0.3, 0.4) is 0 Å². The van der Waals surface area contributed by atoms with E-state index in [1.807, 2.05) is 32.0 Å². The molecule has 0 aliphatic carbocycles. The summed E-state index contributed by atoms with van der Waals surface area (Å²) in [5.41, 5.74) is 2.33. The zero-order chi connectivity index (χ0) is 25.5. The van der Waals surface area contributed by atoms with Gasteiger partial charge in [0.1, 0.15) is 11.0 Å². The van der Waals surface area contributed by atoms with E-state index in [4.69, 9.17) is 0 Å². The number of hydrogen-bond acceptors (Lipinski definition) is 8. The third-order valence-electron chi connectivity index (χ3n) is 6.71. The molecule has 3 aromatic rings. The molecule has 36 heavy (non-hydrogen) atoms. The highest BCUT2D eigenvalue weighted by atomic mass is 32.2. The maximum Gasteiger partial charge on any atom is 0.266 e. The number of hydrogen-bond donors (Lipinski definition) is 2. The second-order valence-electron chi connectivity index (χ2n) is 9.91. The van der Waals surface area contributed by atoms with Crippen LogP contribution in [0, 0.1) is 11.3 Å². The summed E-state index contributed by atoms with van der Waals surface area (Å²) in [5.74, 6) is 0.639. The van der Waals surface area contributed by atoms with Crippen molar-refractivity contribution >= 4 is 33.2 Å². The third kappa shape index (κ3) is 4.36. The molecule has 10 heteroatoms. The highest BCUT2D eigenvalue weighted by Crippen LogP contribution is 2.42. The Bertz CT molecular complexity index is 1430. The van der Waals surface area contributed by atoms with Crippen molar-refractivity contribution in [1.82, 2.24) is 15.3 Å². The summed E-state index contributed by atoms with van der Waals surface area (Å²) < 4.78 is 28.6. The van der Waals surface area contributed by atoms with Gasteiger partial charge in [0.2, 0.25) is 5.95 Å². The summed E-state index contributed by atoms with van der Waals surface area (Å²) in [4.78, 5) is 11.4. The van der Waals surface area contributed by atoms with E-state index in [0.717, 1.165) is 36.6 Å². The number of piperazine rings is 1. The van der Waals surface area contributed by atoms with Crippen LogP contribution in [-0.2, 0) is 15.4 Å². The molecule has 1 atom stereocenters. The van der Waals surface area contributed by atoms with Gasteiger partial charge in [-0.25, -0.2) is 17.7 Å². The number of fused-ring (bicyclic) bond motifs is 1. The van der Waals surface area contributed by atoms with E-state index < -0.39 is 15.4 Å². The average Bonchev–Trinajstić information content (AvgIpc) is 3.15. The fourth-order valence-electron chi connectivity index (χ4n) is 4.77. The van der Waals surface area contributed by atoms with Crippen LogP contribution in [0.4, 0.5) is 23.1 Å². The molecule has 0 saturated carbocycles. The molecule has 0 radical (unpaired) electrons. The topological polar surface area (TPSA) is 114 Å². The number of anilines is 4. The summed E-state index contributed by atoms with van der Waals surface area (Å²) in [6.07, 6.45) is 1.69. The molecular weight excluding hydrogens is 474 g/mol. The minimum Gasteiger partial charge on any atom is -0.369 e. The molecule has 1 saturated heterocycles. The van der Waals surface area contributed by atoms with Gasteiger partial charge in [-0.15, -0.1) is 0 Å². The lowest BCUT2D eigenvalue weighted by Crippen LogP contribution is -2.49. The van der Waals surface area contributed by atoms with E-state index >= 15 is 0 Å². The van der Waals surface area contributed by atoms with E-state index in [0.29, 0.717) is 17.8 Å². The number of rotatable bonds is 5. The molecule has 2 N–H and O–H groups in total. The Hall–Kier alpha value is -3.68. The van der Waals surface area contributed by atoms with Crippen molar-refractivity contribution in [3.05, 3.63) is 65.9 Å². The first-order valence-electron chi connectivity index (χ1n) is 11.9. The summed E-state index contributed by atoms with van der Waals surface area (Å²) in [6, 6.07) is 16.7. The van der Waals surface area contributed by atoms with Crippen molar-refractivity contribution in [3.63, 3.8) is 0 Å². The first-order chi connectivity index (χ1) is 17.2. The van der Waals surface area contributed by atoms with Crippen LogP contribution in [0.1, 0.15) is 31.9 Å². The molecule has 1 aromatic heterocycles. The van der Waals surface area contributed by atoms with Gasteiger partial charge in [0.05, 0.1) is 5.56 Å². The summed E-state index contributed by atoms with van der Waals surface area (Å²) in [5, 5.41) is 16.1. The van der Waals surface area contributed by atoms with Crippen molar-refractivity contribution in [3.8, 4) is 6.07 Å². The predicted molar refractivity (Wildman–Crippen MR) is 140 cm³/mol. The van der Waals surface area contributed by atoms with Crippen LogP contribution in [0.15, 0.2) is 59.6 Å². The second-order valence-corrected chi connectivity index (χ2v) is 11.7. The third-order valence-corrected chi connectivity index (χ3v) is 8.50. The molecule has 0 spiro atoms. The molecule has 186 valence electrons. The van der Waals surface area contributed by atoms with Gasteiger partial charge in [0.15, 0.2) is 5.82 Å². The molecule has 5 rings (SSSR count). The minimum atomic E-state index is -4.00. The van der Waals surface area contributed by atoms with Gasteiger partial charge in [-0.05, 0) is 43.3 Å². The highest BCUT2D eigenvalue weighted by Gasteiger charge is 2.43. The van der Waals surface area contributed by atoms with E-state index in [2.05, 4.69) is 44.6 Å². The molecule has 2 aromatic carbocycles. The van der Waals surface area contributed by atoms with Crippen LogP contribution in [0.25, 0.3) is 0 Å². The fraction of sp³-hybridized carbons (Fsp3) is 0.346. The second kappa shape index (κ2) is 9.08. The quantitative estimate of drug-likeness (QED) is 0.545. The maximum absolute atomic E-state index is 13.6. The number of aromatic nitrogens is 2. The number of sulfonamides is 1. The molecule has 9 nitrogen and oxygen atoms in total. The zero-order valence-corrected chi connectivity index (χ0v) is 21.4. The Morgan fingerprint density at radius 2 is 1.92 bits per heavy atom. The van der Waals surface area contributed by atoms with Crippen molar-refractivity contribution in [2.24, 2.45) is 0 Å². The van der Waals surface area contributed by atoms with Gasteiger partial charge in [-0.3, -0.25) is 0 Å². The smallest absolute Gasteiger partial charge is 0.266 e. The molecule has 2 aliphatic rings. The number of nitriles is 1. The number of benzene rings is 2.